The van der Waals surface area contributed by atoms with E-state index in [1.54, 1.807) is 30.5 Å². The number of rotatable bonds is 6. The Morgan fingerprint density at radius 1 is 1.26 bits per heavy atom. The zero-order valence-corrected chi connectivity index (χ0v) is 15.4. The largest absolute Gasteiger partial charge is 0.360 e. The van der Waals surface area contributed by atoms with Crippen LogP contribution in [0.3, 0.4) is 0 Å². The van der Waals surface area contributed by atoms with Crippen molar-refractivity contribution in [3.05, 3.63) is 11.5 Å². The highest BCUT2D eigenvalue weighted by molar-refractivity contribution is 7.99. The van der Waals surface area contributed by atoms with Gasteiger partial charge in [0.05, 0.1) is 0 Å². The van der Waals surface area contributed by atoms with Gasteiger partial charge >= 0.3 is 0 Å². The second-order valence-electron chi connectivity index (χ2n) is 5.39. The van der Waals surface area contributed by atoms with Crippen LogP contribution in [0.2, 0.25) is 0 Å². The Hall–Kier alpha value is -1.06. The number of sulfonamides is 1. The summed E-state index contributed by atoms with van der Waals surface area (Å²) in [5, 5.41) is 3.71. The van der Waals surface area contributed by atoms with Crippen molar-refractivity contribution in [3.63, 3.8) is 0 Å². The summed E-state index contributed by atoms with van der Waals surface area (Å²) in [5.41, 5.74) is 0.373. The molecule has 0 bridgehead atoms. The van der Waals surface area contributed by atoms with Gasteiger partial charge in [0.2, 0.25) is 15.9 Å². The van der Waals surface area contributed by atoms with Crippen LogP contribution in [-0.4, -0.2) is 66.4 Å². The van der Waals surface area contributed by atoms with Crippen molar-refractivity contribution in [2.75, 3.05) is 37.7 Å². The van der Waals surface area contributed by atoms with E-state index in [4.69, 9.17) is 4.52 Å². The third kappa shape index (κ3) is 4.07. The molecule has 0 atom stereocenters. The van der Waals surface area contributed by atoms with E-state index >= 15 is 0 Å². The van der Waals surface area contributed by atoms with Crippen LogP contribution in [0.25, 0.3) is 0 Å². The van der Waals surface area contributed by atoms with Gasteiger partial charge in [-0.25, -0.2) is 8.42 Å². The fourth-order valence-electron chi connectivity index (χ4n) is 2.61. The lowest BCUT2D eigenvalue weighted by molar-refractivity contribution is -0.131. The summed E-state index contributed by atoms with van der Waals surface area (Å²) in [5.74, 6) is 2.21. The Labute approximate surface area is 141 Å². The van der Waals surface area contributed by atoms with Gasteiger partial charge in [-0.2, -0.15) is 16.1 Å². The fourth-order valence-corrected chi connectivity index (χ4v) is 4.93. The van der Waals surface area contributed by atoms with E-state index in [2.05, 4.69) is 12.1 Å². The molecule has 2 heterocycles. The molecule has 0 aromatic carbocycles. The lowest BCUT2D eigenvalue weighted by Crippen LogP contribution is -2.50. The Bertz CT molecular complexity index is 629. The first-order chi connectivity index (χ1) is 10.9. The summed E-state index contributed by atoms with van der Waals surface area (Å²) < 4.78 is 31.8. The molecule has 2 rings (SSSR count). The number of thioether (sulfide) groups is 1. The molecular formula is C14H23N3O4S2. The molecule has 0 saturated carbocycles. The summed E-state index contributed by atoms with van der Waals surface area (Å²) in [6.07, 6.45) is 0.509. The Morgan fingerprint density at radius 3 is 2.43 bits per heavy atom. The predicted molar refractivity (Wildman–Crippen MR) is 88.9 cm³/mol. The molecule has 1 saturated heterocycles. The van der Waals surface area contributed by atoms with Crippen molar-refractivity contribution >= 4 is 27.7 Å². The maximum Gasteiger partial charge on any atom is 0.248 e. The maximum absolute atomic E-state index is 12.7. The SMILES string of the molecule is CCSCCC(=O)N1CCN(S(=O)(=O)c2c(C)noc2C)CC1. The van der Waals surface area contributed by atoms with Gasteiger partial charge in [-0.1, -0.05) is 12.1 Å². The molecule has 1 aliphatic rings. The van der Waals surface area contributed by atoms with Gasteiger partial charge in [-0.05, 0) is 19.6 Å². The monoisotopic (exact) mass is 361 g/mol. The lowest BCUT2D eigenvalue weighted by atomic mass is 10.3. The molecular weight excluding hydrogens is 338 g/mol. The number of hydrogen-bond acceptors (Lipinski definition) is 6. The number of aromatic nitrogens is 1. The fraction of sp³-hybridized carbons (Fsp3) is 0.714. The number of amides is 1. The number of piperazine rings is 1. The van der Waals surface area contributed by atoms with Crippen LogP contribution in [-0.2, 0) is 14.8 Å². The zero-order chi connectivity index (χ0) is 17.0. The van der Waals surface area contributed by atoms with Crippen LogP contribution >= 0.6 is 11.8 Å². The first kappa shape index (κ1) is 18.3. The topological polar surface area (TPSA) is 83.7 Å². The van der Waals surface area contributed by atoms with E-state index in [1.165, 1.54) is 4.31 Å². The van der Waals surface area contributed by atoms with Crippen LogP contribution in [0, 0.1) is 13.8 Å². The molecule has 0 spiro atoms. The third-order valence-corrected chi connectivity index (χ3v) is 6.87. The van der Waals surface area contributed by atoms with E-state index in [1.807, 2.05) is 0 Å². The Balaban J connectivity index is 1.98. The maximum atomic E-state index is 12.7. The Morgan fingerprint density at radius 2 is 1.91 bits per heavy atom. The van der Waals surface area contributed by atoms with Crippen molar-refractivity contribution in [1.29, 1.82) is 0 Å². The lowest BCUT2D eigenvalue weighted by Gasteiger charge is -2.34. The number of carbonyl (C=O) groups is 1. The highest BCUT2D eigenvalue weighted by Gasteiger charge is 2.34. The standard InChI is InChI=1S/C14H23N3O4S2/c1-4-22-10-5-13(18)16-6-8-17(9-7-16)23(19,20)14-11(2)15-21-12(14)3/h4-10H2,1-3H3. The van der Waals surface area contributed by atoms with Gasteiger partial charge in [-0.3, -0.25) is 4.79 Å². The van der Waals surface area contributed by atoms with Gasteiger partial charge in [0.1, 0.15) is 10.6 Å². The minimum Gasteiger partial charge on any atom is -0.360 e. The smallest absolute Gasteiger partial charge is 0.248 e. The van der Waals surface area contributed by atoms with Crippen molar-refractivity contribution < 1.29 is 17.7 Å². The third-order valence-electron chi connectivity index (χ3n) is 3.82. The van der Waals surface area contributed by atoms with E-state index in [9.17, 15) is 13.2 Å². The number of nitrogens with zero attached hydrogens (tertiary/aromatic N) is 3. The molecule has 0 unspecified atom stereocenters. The van der Waals surface area contributed by atoms with Gasteiger partial charge in [0.15, 0.2) is 5.76 Å². The average Bonchev–Trinajstić information content (AvgIpc) is 2.87. The summed E-state index contributed by atoms with van der Waals surface area (Å²) in [7, 11) is -3.62. The molecule has 0 radical (unpaired) electrons. The molecule has 130 valence electrons. The zero-order valence-electron chi connectivity index (χ0n) is 13.7. The molecule has 7 nitrogen and oxygen atoms in total. The van der Waals surface area contributed by atoms with Crippen LogP contribution in [0.4, 0.5) is 0 Å². The van der Waals surface area contributed by atoms with E-state index in [0.717, 1.165) is 11.5 Å². The van der Waals surface area contributed by atoms with Gasteiger partial charge in [0, 0.05) is 38.4 Å². The molecule has 1 fully saturated rings. The van der Waals surface area contributed by atoms with Crippen LogP contribution in [0.15, 0.2) is 9.42 Å². The highest BCUT2D eigenvalue weighted by atomic mass is 32.2. The van der Waals surface area contributed by atoms with Crippen molar-refractivity contribution in [3.8, 4) is 0 Å². The van der Waals surface area contributed by atoms with Crippen LogP contribution in [0.1, 0.15) is 24.8 Å². The summed E-state index contributed by atoms with van der Waals surface area (Å²) in [6.45, 7) is 6.74. The second-order valence-corrected chi connectivity index (χ2v) is 8.65. The normalized spacial score (nSPS) is 16.7. The summed E-state index contributed by atoms with van der Waals surface area (Å²) in [6, 6.07) is 0. The Kier molecular flexibility index (Phi) is 6.10. The molecule has 0 aliphatic carbocycles. The first-order valence-corrected chi connectivity index (χ1v) is 10.3. The summed E-state index contributed by atoms with van der Waals surface area (Å²) >= 11 is 1.74. The molecule has 23 heavy (non-hydrogen) atoms. The van der Waals surface area contributed by atoms with Gasteiger partial charge in [-0.15, -0.1) is 0 Å². The molecule has 1 aliphatic heterocycles. The minimum absolute atomic E-state index is 0.0975. The van der Waals surface area contributed by atoms with Crippen LogP contribution < -0.4 is 0 Å². The molecule has 1 aromatic heterocycles. The van der Waals surface area contributed by atoms with Crippen molar-refractivity contribution in [2.45, 2.75) is 32.1 Å². The minimum atomic E-state index is -3.62. The van der Waals surface area contributed by atoms with E-state index < -0.39 is 10.0 Å². The van der Waals surface area contributed by atoms with Gasteiger partial charge < -0.3 is 9.42 Å². The quantitative estimate of drug-likeness (QED) is 0.710. The van der Waals surface area contributed by atoms with Crippen molar-refractivity contribution in [2.24, 2.45) is 0 Å². The number of hydrogen-bond donors (Lipinski definition) is 0. The molecule has 0 N–H and O–H groups in total. The van der Waals surface area contributed by atoms with Gasteiger partial charge in [0.25, 0.3) is 0 Å². The molecule has 1 aromatic rings. The second kappa shape index (κ2) is 7.67. The number of carbonyl (C=O) groups excluding carboxylic acids is 1. The van der Waals surface area contributed by atoms with Crippen molar-refractivity contribution in [1.82, 2.24) is 14.4 Å². The first-order valence-electron chi connectivity index (χ1n) is 7.66. The molecule has 9 heteroatoms. The van der Waals surface area contributed by atoms with E-state index in [0.29, 0.717) is 44.1 Å². The average molecular weight is 361 g/mol. The summed E-state index contributed by atoms with van der Waals surface area (Å²) in [4.78, 5) is 14.0. The number of aryl methyl sites for hydroxylation is 2. The predicted octanol–water partition coefficient (Wildman–Crippen LogP) is 1.27. The van der Waals surface area contributed by atoms with E-state index in [-0.39, 0.29) is 10.8 Å². The molecule has 1 amide bonds. The van der Waals surface area contributed by atoms with Crippen LogP contribution in [0.5, 0.6) is 0 Å². The highest BCUT2D eigenvalue weighted by Crippen LogP contribution is 2.24.